The number of carbonyl (C=O) groups is 2. The lowest BCUT2D eigenvalue weighted by atomic mass is 10.0. The summed E-state index contributed by atoms with van der Waals surface area (Å²) < 4.78 is 22.5. The Morgan fingerprint density at radius 2 is 1.83 bits per heavy atom. The number of hydrogen-bond acceptors (Lipinski definition) is 9. The van der Waals surface area contributed by atoms with Gasteiger partial charge < -0.3 is 28.9 Å². The van der Waals surface area contributed by atoms with E-state index in [4.69, 9.17) is 18.6 Å². The molecule has 3 aromatic carbocycles. The molecule has 0 radical (unpaired) electrons. The zero-order valence-electron chi connectivity index (χ0n) is 25.7. The summed E-state index contributed by atoms with van der Waals surface area (Å²) in [4.78, 5) is 34.7. The molecule has 6 aromatic rings. The zero-order chi connectivity index (χ0) is 32.3. The van der Waals surface area contributed by atoms with Gasteiger partial charge in [-0.3, -0.25) is 14.5 Å². The predicted molar refractivity (Wildman–Crippen MR) is 171 cm³/mol. The van der Waals surface area contributed by atoms with Crippen molar-refractivity contribution in [1.82, 2.24) is 30.5 Å². The molecule has 2 N–H and O–H groups in total. The Morgan fingerprint density at radius 1 is 1.02 bits per heavy atom. The van der Waals surface area contributed by atoms with E-state index >= 15 is 0 Å². The van der Waals surface area contributed by atoms with E-state index in [2.05, 4.69) is 25.7 Å². The first-order chi connectivity index (χ1) is 23.0. The zero-order valence-corrected chi connectivity index (χ0v) is 25.7. The second kappa shape index (κ2) is 12.7. The number of tetrazole rings is 1. The fraction of sp³-hybridized carbons (Fsp3) is 0.206. The molecular weight excluding hydrogens is 602 g/mol. The fourth-order valence-corrected chi connectivity index (χ4v) is 5.53. The minimum Gasteiger partial charge on any atom is -0.497 e. The molecule has 4 heterocycles. The summed E-state index contributed by atoms with van der Waals surface area (Å²) in [6.45, 7) is 2.49. The van der Waals surface area contributed by atoms with Crippen molar-refractivity contribution in [2.24, 2.45) is 0 Å². The van der Waals surface area contributed by atoms with Crippen LogP contribution in [0.2, 0.25) is 0 Å². The van der Waals surface area contributed by atoms with Gasteiger partial charge in [0, 0.05) is 41.0 Å². The Kier molecular flexibility index (Phi) is 8.00. The Morgan fingerprint density at radius 3 is 2.62 bits per heavy atom. The van der Waals surface area contributed by atoms with E-state index in [1.807, 2.05) is 55.5 Å². The lowest BCUT2D eigenvalue weighted by Crippen LogP contribution is -2.45. The number of aromatic nitrogens is 5. The first-order valence-corrected chi connectivity index (χ1v) is 15.0. The lowest BCUT2D eigenvalue weighted by Gasteiger charge is -2.32. The van der Waals surface area contributed by atoms with Crippen molar-refractivity contribution in [2.75, 3.05) is 25.2 Å². The number of aryl methyl sites for hydroxylation is 1. The second-order valence-electron chi connectivity index (χ2n) is 10.9. The van der Waals surface area contributed by atoms with Crippen LogP contribution in [0, 0.1) is 6.92 Å². The summed E-state index contributed by atoms with van der Waals surface area (Å²) in [6, 6.07) is 22.6. The highest BCUT2D eigenvalue weighted by Crippen LogP contribution is 2.38. The molecule has 238 valence electrons. The number of nitrogens with one attached hydrogen (secondary N) is 2. The number of ether oxygens (including phenoxy) is 3. The number of methoxy groups -OCH3 is 1. The van der Waals surface area contributed by atoms with Crippen molar-refractivity contribution >= 4 is 28.4 Å². The molecule has 47 heavy (non-hydrogen) atoms. The maximum atomic E-state index is 14.5. The highest BCUT2D eigenvalue weighted by atomic mass is 16.6. The molecule has 13 nitrogen and oxygen atoms in total. The number of aromatic amines is 1. The Balaban J connectivity index is 1.28. The quantitative estimate of drug-likeness (QED) is 0.221. The van der Waals surface area contributed by atoms with Crippen LogP contribution in [0.1, 0.15) is 22.9 Å². The van der Waals surface area contributed by atoms with E-state index in [9.17, 15) is 9.59 Å². The van der Waals surface area contributed by atoms with Crippen LogP contribution in [0.25, 0.3) is 22.5 Å². The van der Waals surface area contributed by atoms with E-state index < -0.39 is 17.9 Å². The van der Waals surface area contributed by atoms with Gasteiger partial charge in [0.05, 0.1) is 7.11 Å². The normalized spacial score (nSPS) is 12.9. The molecule has 0 saturated carbocycles. The van der Waals surface area contributed by atoms with Crippen molar-refractivity contribution in [2.45, 2.75) is 26.1 Å². The number of nitrogens with zero attached hydrogens (tertiary/aromatic N) is 5. The summed E-state index contributed by atoms with van der Waals surface area (Å²) in [5.74, 6) is 2.23. The SMILES string of the molecule is COc1ccc(CNC(=O)[C@@H](c2c[nH]c3ccccc23)N(C(=O)Cn2nnc(-c3ccc(C)o3)n2)c2ccc3c(c2)OCCO3)cc1. The summed E-state index contributed by atoms with van der Waals surface area (Å²) >= 11 is 0. The van der Waals surface area contributed by atoms with E-state index in [0.29, 0.717) is 53.2 Å². The van der Waals surface area contributed by atoms with Crippen molar-refractivity contribution in [3.8, 4) is 28.8 Å². The van der Waals surface area contributed by atoms with Crippen LogP contribution in [0.4, 0.5) is 5.69 Å². The van der Waals surface area contributed by atoms with Gasteiger partial charge in [-0.15, -0.1) is 10.2 Å². The summed E-state index contributed by atoms with van der Waals surface area (Å²) in [6.07, 6.45) is 1.76. The molecular formula is C34H31N7O6. The van der Waals surface area contributed by atoms with Gasteiger partial charge in [0.25, 0.3) is 5.91 Å². The van der Waals surface area contributed by atoms with Crippen LogP contribution in [0.3, 0.4) is 0 Å². The van der Waals surface area contributed by atoms with Gasteiger partial charge in [0.2, 0.25) is 11.7 Å². The Bertz CT molecular complexity index is 2050. The molecule has 1 aliphatic rings. The summed E-state index contributed by atoms with van der Waals surface area (Å²) in [7, 11) is 1.60. The van der Waals surface area contributed by atoms with Crippen molar-refractivity contribution < 1.29 is 28.2 Å². The molecule has 0 fully saturated rings. The molecule has 0 spiro atoms. The van der Waals surface area contributed by atoms with Crippen LogP contribution >= 0.6 is 0 Å². The molecule has 1 atom stereocenters. The molecule has 0 saturated heterocycles. The largest absolute Gasteiger partial charge is 0.497 e. The van der Waals surface area contributed by atoms with E-state index in [0.717, 1.165) is 16.5 Å². The number of hydrogen-bond donors (Lipinski definition) is 2. The summed E-state index contributed by atoms with van der Waals surface area (Å²) in [5, 5.41) is 16.4. The minimum atomic E-state index is -1.10. The van der Waals surface area contributed by atoms with Gasteiger partial charge in [-0.25, -0.2) is 0 Å². The standard InChI is InChI=1S/C34H31N7O6/c1-21-7-13-29(47-21)33-37-39-40(38-33)20-31(42)41(23-10-14-28-30(17-23)46-16-15-45-28)32(26-19-35-27-6-4-3-5-25(26)27)34(43)36-18-22-8-11-24(44-2)12-9-22/h3-14,17,19,32,35H,15-16,18,20H2,1-2H3,(H,36,43)/t32-/m1/s1. The predicted octanol–water partition coefficient (Wildman–Crippen LogP) is 4.59. The maximum absolute atomic E-state index is 14.5. The fourth-order valence-electron chi connectivity index (χ4n) is 5.53. The smallest absolute Gasteiger partial charge is 0.251 e. The van der Waals surface area contributed by atoms with Gasteiger partial charge in [-0.05, 0) is 60.2 Å². The third kappa shape index (κ3) is 6.10. The second-order valence-corrected chi connectivity index (χ2v) is 10.9. The molecule has 7 rings (SSSR count). The average Bonchev–Trinajstić information content (AvgIpc) is 3.86. The molecule has 0 aliphatic carbocycles. The van der Waals surface area contributed by atoms with E-state index in [1.165, 1.54) is 9.70 Å². The highest BCUT2D eigenvalue weighted by molar-refractivity contribution is 6.03. The monoisotopic (exact) mass is 633 g/mol. The van der Waals surface area contributed by atoms with Crippen molar-refractivity contribution in [1.29, 1.82) is 0 Å². The van der Waals surface area contributed by atoms with Crippen LogP contribution in [-0.4, -0.2) is 57.3 Å². The number of furan rings is 1. The number of para-hydroxylation sites is 1. The minimum absolute atomic E-state index is 0.224. The number of H-pyrrole nitrogens is 1. The number of anilines is 1. The number of carbonyl (C=O) groups excluding carboxylic acids is 2. The van der Waals surface area contributed by atoms with E-state index in [-0.39, 0.29) is 18.9 Å². The molecule has 0 bridgehead atoms. The number of benzene rings is 3. The third-order valence-electron chi connectivity index (χ3n) is 7.81. The van der Waals surface area contributed by atoms with Gasteiger partial charge in [0.1, 0.15) is 37.3 Å². The molecule has 1 aliphatic heterocycles. The van der Waals surface area contributed by atoms with Gasteiger partial charge in [-0.1, -0.05) is 30.3 Å². The van der Waals surface area contributed by atoms with Crippen LogP contribution < -0.4 is 24.4 Å². The van der Waals surface area contributed by atoms with Crippen LogP contribution in [0.5, 0.6) is 17.2 Å². The van der Waals surface area contributed by atoms with Crippen LogP contribution in [-0.2, 0) is 22.7 Å². The molecule has 2 amide bonds. The van der Waals surface area contributed by atoms with Gasteiger partial charge in [0.15, 0.2) is 17.3 Å². The van der Waals surface area contributed by atoms with Crippen LogP contribution in [0.15, 0.2) is 89.5 Å². The van der Waals surface area contributed by atoms with Crippen molar-refractivity contribution in [3.05, 3.63) is 102 Å². The Labute approximate surface area is 269 Å². The number of amides is 2. The molecule has 13 heteroatoms. The van der Waals surface area contributed by atoms with E-state index in [1.54, 1.807) is 43.6 Å². The maximum Gasteiger partial charge on any atom is 0.251 e. The number of rotatable bonds is 10. The van der Waals surface area contributed by atoms with Gasteiger partial charge in [-0.2, -0.15) is 4.80 Å². The third-order valence-corrected chi connectivity index (χ3v) is 7.81. The lowest BCUT2D eigenvalue weighted by molar-refractivity contribution is -0.127. The Hall–Kier alpha value is -6.11. The summed E-state index contributed by atoms with van der Waals surface area (Å²) in [5.41, 5.74) is 2.72. The average molecular weight is 634 g/mol. The number of fused-ring (bicyclic) bond motifs is 2. The highest BCUT2D eigenvalue weighted by Gasteiger charge is 2.35. The topological polar surface area (TPSA) is 150 Å². The molecule has 3 aromatic heterocycles. The first-order valence-electron chi connectivity index (χ1n) is 15.0. The van der Waals surface area contributed by atoms with Crippen molar-refractivity contribution in [3.63, 3.8) is 0 Å². The first kappa shape index (κ1) is 29.6. The van der Waals surface area contributed by atoms with Gasteiger partial charge >= 0.3 is 0 Å². The molecule has 0 unspecified atom stereocenters.